The summed E-state index contributed by atoms with van der Waals surface area (Å²) in [6.07, 6.45) is 1.52. The zero-order chi connectivity index (χ0) is 22.0. The van der Waals surface area contributed by atoms with Gasteiger partial charge in [0.25, 0.3) is 5.91 Å². The van der Waals surface area contributed by atoms with Crippen molar-refractivity contribution in [1.82, 2.24) is 14.8 Å². The number of anilines is 1. The Balaban J connectivity index is 1.64. The van der Waals surface area contributed by atoms with Crippen LogP contribution in [-0.4, -0.2) is 20.7 Å². The number of carbonyl (C=O) groups excluding carboxylic acids is 1. The molecule has 0 radical (unpaired) electrons. The van der Waals surface area contributed by atoms with Crippen molar-refractivity contribution in [2.45, 2.75) is 32.7 Å². The maximum atomic E-state index is 13.2. The topological polar surface area (TPSA) is 73.0 Å². The number of aromatic nitrogens is 3. The van der Waals surface area contributed by atoms with Gasteiger partial charge in [0.15, 0.2) is 5.76 Å². The van der Waals surface area contributed by atoms with Gasteiger partial charge in [0, 0.05) is 12.1 Å². The molecule has 6 nitrogen and oxygen atoms in total. The lowest BCUT2D eigenvalue weighted by Crippen LogP contribution is -2.18. The molecule has 0 aliphatic rings. The van der Waals surface area contributed by atoms with E-state index in [1.165, 1.54) is 23.1 Å². The molecule has 0 unspecified atom stereocenters. The highest BCUT2D eigenvalue weighted by Crippen LogP contribution is 2.24. The largest absolute Gasteiger partial charge is 0.461 e. The number of nitrogens with one attached hydrogen (secondary N) is 1. The van der Waals surface area contributed by atoms with E-state index in [2.05, 4.69) is 36.2 Å². The molecule has 1 N–H and O–H groups in total. The standard InChI is InChI=1S/C24H23FN4O2/c1-24(2,3)18-10-8-17(9-11-18)22(30)29-23(26-15-16-6-12-19(25)13-7-16)27-21(28-29)20-5-4-14-31-20/h4-14H,15H2,1-3H3,(H,26,27,28). The van der Waals surface area contributed by atoms with Crippen LogP contribution in [0.2, 0.25) is 0 Å². The summed E-state index contributed by atoms with van der Waals surface area (Å²) in [7, 11) is 0. The fourth-order valence-corrected chi connectivity index (χ4v) is 3.10. The van der Waals surface area contributed by atoms with E-state index in [1.807, 2.05) is 12.1 Å². The Morgan fingerprint density at radius 1 is 1.06 bits per heavy atom. The van der Waals surface area contributed by atoms with Crippen LogP contribution in [0.1, 0.15) is 42.3 Å². The number of halogens is 1. The van der Waals surface area contributed by atoms with Crippen molar-refractivity contribution < 1.29 is 13.6 Å². The second-order valence-corrected chi connectivity index (χ2v) is 8.26. The number of benzene rings is 2. The van der Waals surface area contributed by atoms with Crippen LogP contribution in [0.3, 0.4) is 0 Å². The van der Waals surface area contributed by atoms with Crippen molar-refractivity contribution >= 4 is 11.9 Å². The molecule has 0 aliphatic heterocycles. The van der Waals surface area contributed by atoms with Gasteiger partial charge in [-0.1, -0.05) is 45.0 Å². The van der Waals surface area contributed by atoms with Gasteiger partial charge in [-0.3, -0.25) is 4.79 Å². The van der Waals surface area contributed by atoms with Crippen molar-refractivity contribution in [3.05, 3.63) is 89.4 Å². The Hall–Kier alpha value is -3.74. The third kappa shape index (κ3) is 4.55. The van der Waals surface area contributed by atoms with Crippen molar-refractivity contribution in [1.29, 1.82) is 0 Å². The lowest BCUT2D eigenvalue weighted by molar-refractivity contribution is 0.0947. The average Bonchev–Trinajstić information content (AvgIpc) is 3.42. The normalized spacial score (nSPS) is 11.5. The molecule has 0 atom stereocenters. The molecule has 0 saturated heterocycles. The van der Waals surface area contributed by atoms with E-state index >= 15 is 0 Å². The fourth-order valence-electron chi connectivity index (χ4n) is 3.10. The van der Waals surface area contributed by atoms with Crippen LogP contribution in [0.4, 0.5) is 10.3 Å². The SMILES string of the molecule is CC(C)(C)c1ccc(C(=O)n2nc(-c3ccco3)nc2NCc2ccc(F)cc2)cc1. The lowest BCUT2D eigenvalue weighted by atomic mass is 9.87. The summed E-state index contributed by atoms with van der Waals surface area (Å²) in [5, 5.41) is 7.49. The second-order valence-electron chi connectivity index (χ2n) is 8.26. The van der Waals surface area contributed by atoms with Crippen molar-refractivity contribution in [3.63, 3.8) is 0 Å². The van der Waals surface area contributed by atoms with Crippen molar-refractivity contribution in [2.75, 3.05) is 5.32 Å². The minimum absolute atomic E-state index is 0.0108. The van der Waals surface area contributed by atoms with Crippen molar-refractivity contribution in [2.24, 2.45) is 0 Å². The number of nitrogens with zero attached hydrogens (tertiary/aromatic N) is 3. The van der Waals surface area contributed by atoms with Gasteiger partial charge < -0.3 is 9.73 Å². The van der Waals surface area contributed by atoms with Crippen LogP contribution in [0.25, 0.3) is 11.6 Å². The molecule has 4 rings (SSSR count). The Morgan fingerprint density at radius 2 is 1.77 bits per heavy atom. The molecule has 0 bridgehead atoms. The molecule has 2 aromatic carbocycles. The lowest BCUT2D eigenvalue weighted by Gasteiger charge is -2.19. The maximum absolute atomic E-state index is 13.2. The van der Waals surface area contributed by atoms with E-state index < -0.39 is 0 Å². The summed E-state index contributed by atoms with van der Waals surface area (Å²) in [4.78, 5) is 17.6. The fraction of sp³-hybridized carbons (Fsp3) is 0.208. The predicted molar refractivity (Wildman–Crippen MR) is 116 cm³/mol. The highest BCUT2D eigenvalue weighted by Gasteiger charge is 2.21. The van der Waals surface area contributed by atoms with Crippen LogP contribution < -0.4 is 5.32 Å². The number of hydrogen-bond donors (Lipinski definition) is 1. The van der Waals surface area contributed by atoms with Crippen LogP contribution in [-0.2, 0) is 12.0 Å². The summed E-state index contributed by atoms with van der Waals surface area (Å²) >= 11 is 0. The molecular weight excluding hydrogens is 395 g/mol. The zero-order valence-corrected chi connectivity index (χ0v) is 17.6. The van der Waals surface area contributed by atoms with E-state index in [-0.39, 0.29) is 23.1 Å². The predicted octanol–water partition coefficient (Wildman–Crippen LogP) is 5.28. The van der Waals surface area contributed by atoms with Gasteiger partial charge in [-0.25, -0.2) is 4.39 Å². The summed E-state index contributed by atoms with van der Waals surface area (Å²) in [6.45, 7) is 6.71. The summed E-state index contributed by atoms with van der Waals surface area (Å²) in [5.74, 6) is 0.416. The average molecular weight is 418 g/mol. The number of rotatable bonds is 5. The third-order valence-corrected chi connectivity index (χ3v) is 4.90. The first-order valence-corrected chi connectivity index (χ1v) is 9.96. The molecule has 0 spiro atoms. The van der Waals surface area contributed by atoms with Crippen molar-refractivity contribution in [3.8, 4) is 11.6 Å². The number of furan rings is 1. The van der Waals surface area contributed by atoms with E-state index in [0.717, 1.165) is 11.1 Å². The maximum Gasteiger partial charge on any atom is 0.281 e. The number of hydrogen-bond acceptors (Lipinski definition) is 5. The van der Waals surface area contributed by atoms with Gasteiger partial charge in [0.05, 0.1) is 6.26 Å². The first-order chi connectivity index (χ1) is 14.8. The summed E-state index contributed by atoms with van der Waals surface area (Å²) < 4.78 is 19.8. The molecule has 158 valence electrons. The highest BCUT2D eigenvalue weighted by molar-refractivity contribution is 5.97. The van der Waals surface area contributed by atoms with Gasteiger partial charge in [-0.05, 0) is 52.9 Å². The molecule has 4 aromatic rings. The van der Waals surface area contributed by atoms with Gasteiger partial charge in [-0.2, -0.15) is 9.67 Å². The third-order valence-electron chi connectivity index (χ3n) is 4.90. The Morgan fingerprint density at radius 3 is 2.39 bits per heavy atom. The monoisotopic (exact) mass is 418 g/mol. The first-order valence-electron chi connectivity index (χ1n) is 9.96. The molecule has 7 heteroatoms. The van der Waals surface area contributed by atoms with Crippen LogP contribution >= 0.6 is 0 Å². The highest BCUT2D eigenvalue weighted by atomic mass is 19.1. The van der Waals surface area contributed by atoms with E-state index in [1.54, 1.807) is 36.4 Å². The molecule has 0 fully saturated rings. The van der Waals surface area contributed by atoms with E-state index in [4.69, 9.17) is 4.42 Å². The number of carbonyl (C=O) groups is 1. The minimum atomic E-state index is -0.313. The second kappa shape index (κ2) is 8.18. The van der Waals surface area contributed by atoms with Gasteiger partial charge in [0.2, 0.25) is 11.8 Å². The van der Waals surface area contributed by atoms with Crippen LogP contribution in [0, 0.1) is 5.82 Å². The van der Waals surface area contributed by atoms with Crippen LogP contribution in [0.15, 0.2) is 71.3 Å². The van der Waals surface area contributed by atoms with Gasteiger partial charge in [0.1, 0.15) is 5.82 Å². The molecule has 2 heterocycles. The van der Waals surface area contributed by atoms with E-state index in [9.17, 15) is 9.18 Å². The minimum Gasteiger partial charge on any atom is -0.461 e. The molecular formula is C24H23FN4O2. The summed E-state index contributed by atoms with van der Waals surface area (Å²) in [6, 6.07) is 17.1. The Labute approximate surface area is 179 Å². The molecule has 0 aliphatic carbocycles. The Kier molecular flexibility index (Phi) is 5.42. The van der Waals surface area contributed by atoms with Crippen LogP contribution in [0.5, 0.6) is 0 Å². The summed E-state index contributed by atoms with van der Waals surface area (Å²) in [5.41, 5.74) is 2.46. The Bertz CT molecular complexity index is 1170. The molecule has 0 amide bonds. The van der Waals surface area contributed by atoms with Gasteiger partial charge >= 0.3 is 0 Å². The quantitative estimate of drug-likeness (QED) is 0.478. The molecule has 2 aromatic heterocycles. The van der Waals surface area contributed by atoms with Gasteiger partial charge in [-0.15, -0.1) is 5.10 Å². The molecule has 0 saturated carbocycles. The smallest absolute Gasteiger partial charge is 0.281 e. The first kappa shape index (κ1) is 20.5. The zero-order valence-electron chi connectivity index (χ0n) is 17.6. The van der Waals surface area contributed by atoms with E-state index in [0.29, 0.717) is 23.7 Å². The molecule has 31 heavy (non-hydrogen) atoms.